The molecular weight excluding hydrogens is 418 g/mol. The molecule has 1 atom stereocenters. The molecule has 0 aliphatic heterocycles. The van der Waals surface area contributed by atoms with Crippen molar-refractivity contribution in [3.05, 3.63) is 70.8 Å². The monoisotopic (exact) mass is 445 g/mol. The van der Waals surface area contributed by atoms with E-state index in [1.54, 1.807) is 58.2 Å². The number of ether oxygens (including phenoxy) is 3. The SMILES string of the molecule is COc1ccc(Cl)c(C=CC(CC(=O)OC(C)(C)C)NC(=O)OCc2ccccc2)c1. The van der Waals surface area contributed by atoms with E-state index in [9.17, 15) is 9.59 Å². The van der Waals surface area contributed by atoms with E-state index in [4.69, 9.17) is 25.8 Å². The number of carbonyl (C=O) groups is 2. The molecule has 1 N–H and O–H groups in total. The van der Waals surface area contributed by atoms with Crippen LogP contribution in [0, 0.1) is 0 Å². The Kier molecular flexibility index (Phi) is 8.94. The van der Waals surface area contributed by atoms with Gasteiger partial charge in [0.05, 0.1) is 19.6 Å². The number of halogens is 1. The minimum Gasteiger partial charge on any atom is -0.497 e. The van der Waals surface area contributed by atoms with Gasteiger partial charge in [0, 0.05) is 5.02 Å². The van der Waals surface area contributed by atoms with Gasteiger partial charge in [0.15, 0.2) is 0 Å². The number of benzene rings is 2. The second-order valence-corrected chi connectivity index (χ2v) is 8.26. The predicted octanol–water partition coefficient (Wildman–Crippen LogP) is 5.39. The maximum Gasteiger partial charge on any atom is 0.407 e. The normalized spacial score (nSPS) is 12.3. The van der Waals surface area contributed by atoms with Crippen molar-refractivity contribution < 1.29 is 23.8 Å². The summed E-state index contributed by atoms with van der Waals surface area (Å²) in [5, 5.41) is 3.21. The molecule has 0 aliphatic carbocycles. The van der Waals surface area contributed by atoms with Gasteiger partial charge < -0.3 is 19.5 Å². The quantitative estimate of drug-likeness (QED) is 0.551. The summed E-state index contributed by atoms with van der Waals surface area (Å²) in [5.41, 5.74) is 0.921. The van der Waals surface area contributed by atoms with E-state index < -0.39 is 23.7 Å². The van der Waals surface area contributed by atoms with Crippen molar-refractivity contribution in [2.45, 2.75) is 45.4 Å². The summed E-state index contributed by atoms with van der Waals surface area (Å²) < 4.78 is 15.9. The topological polar surface area (TPSA) is 73.9 Å². The Hall–Kier alpha value is -2.99. The first kappa shape index (κ1) is 24.3. The molecule has 1 unspecified atom stereocenters. The summed E-state index contributed by atoms with van der Waals surface area (Å²) in [7, 11) is 1.56. The first-order chi connectivity index (χ1) is 14.7. The summed E-state index contributed by atoms with van der Waals surface area (Å²) >= 11 is 6.24. The molecule has 0 heterocycles. The average molecular weight is 446 g/mol. The third kappa shape index (κ3) is 9.13. The van der Waals surface area contributed by atoms with Crippen molar-refractivity contribution in [1.29, 1.82) is 0 Å². The van der Waals surface area contributed by atoms with E-state index in [-0.39, 0.29) is 13.0 Å². The Balaban J connectivity index is 2.10. The fourth-order valence-electron chi connectivity index (χ4n) is 2.64. The lowest BCUT2D eigenvalue weighted by Gasteiger charge is -2.21. The number of alkyl carbamates (subject to hydrolysis) is 1. The molecule has 166 valence electrons. The Bertz CT molecular complexity index is 906. The average Bonchev–Trinajstić information content (AvgIpc) is 2.71. The maximum absolute atomic E-state index is 12.3. The van der Waals surface area contributed by atoms with Crippen LogP contribution in [0.15, 0.2) is 54.6 Å². The van der Waals surface area contributed by atoms with Crippen molar-refractivity contribution in [1.82, 2.24) is 5.32 Å². The van der Waals surface area contributed by atoms with Gasteiger partial charge in [0.2, 0.25) is 0 Å². The molecule has 0 radical (unpaired) electrons. The Morgan fingerprint density at radius 2 is 1.84 bits per heavy atom. The summed E-state index contributed by atoms with van der Waals surface area (Å²) in [4.78, 5) is 24.6. The molecule has 2 aromatic carbocycles. The van der Waals surface area contributed by atoms with E-state index in [1.165, 1.54) is 0 Å². The Morgan fingerprint density at radius 1 is 1.13 bits per heavy atom. The number of esters is 1. The Morgan fingerprint density at radius 3 is 2.48 bits per heavy atom. The fourth-order valence-corrected chi connectivity index (χ4v) is 2.82. The second kappa shape index (κ2) is 11.4. The zero-order valence-corrected chi connectivity index (χ0v) is 18.9. The van der Waals surface area contributed by atoms with Gasteiger partial charge in [0.25, 0.3) is 0 Å². The lowest BCUT2D eigenvalue weighted by molar-refractivity contribution is -0.155. The van der Waals surface area contributed by atoms with Crippen LogP contribution in [0.5, 0.6) is 5.75 Å². The molecule has 0 saturated carbocycles. The first-order valence-corrected chi connectivity index (χ1v) is 10.2. The largest absolute Gasteiger partial charge is 0.497 e. The van der Waals surface area contributed by atoms with Crippen molar-refractivity contribution in [2.24, 2.45) is 0 Å². The number of nitrogens with one attached hydrogen (secondary N) is 1. The molecule has 0 spiro atoms. The third-order valence-corrected chi connectivity index (χ3v) is 4.38. The lowest BCUT2D eigenvalue weighted by atomic mass is 10.1. The first-order valence-electron chi connectivity index (χ1n) is 9.87. The summed E-state index contributed by atoms with van der Waals surface area (Å²) in [6, 6.07) is 13.9. The van der Waals surface area contributed by atoms with Gasteiger partial charge in [-0.1, -0.05) is 54.1 Å². The number of carbonyl (C=O) groups excluding carboxylic acids is 2. The highest BCUT2D eigenvalue weighted by Gasteiger charge is 2.21. The molecule has 1 amide bonds. The van der Waals surface area contributed by atoms with Crippen LogP contribution in [0.1, 0.15) is 38.3 Å². The zero-order chi connectivity index (χ0) is 22.9. The van der Waals surface area contributed by atoms with Crippen molar-refractivity contribution in [3.8, 4) is 5.75 Å². The van der Waals surface area contributed by atoms with Crippen molar-refractivity contribution in [3.63, 3.8) is 0 Å². The summed E-state index contributed by atoms with van der Waals surface area (Å²) in [6.45, 7) is 5.48. The summed E-state index contributed by atoms with van der Waals surface area (Å²) in [6.07, 6.45) is 2.69. The van der Waals surface area contributed by atoms with Gasteiger partial charge >= 0.3 is 12.1 Å². The predicted molar refractivity (Wildman–Crippen MR) is 121 cm³/mol. The molecule has 0 bridgehead atoms. The van der Waals surface area contributed by atoms with Crippen LogP contribution in [-0.4, -0.2) is 30.8 Å². The molecule has 2 rings (SSSR count). The molecular formula is C24H28ClNO5. The molecule has 0 saturated heterocycles. The van der Waals surface area contributed by atoms with Crippen LogP contribution >= 0.6 is 11.6 Å². The second-order valence-electron chi connectivity index (χ2n) is 7.85. The van der Waals surface area contributed by atoms with Crippen LogP contribution in [0.4, 0.5) is 4.79 Å². The van der Waals surface area contributed by atoms with Gasteiger partial charge in [0.1, 0.15) is 18.0 Å². The molecule has 7 heteroatoms. The third-order valence-electron chi connectivity index (χ3n) is 4.03. The number of rotatable bonds is 8. The molecule has 0 fully saturated rings. The van der Waals surface area contributed by atoms with Crippen LogP contribution in [0.25, 0.3) is 6.08 Å². The molecule has 31 heavy (non-hydrogen) atoms. The van der Waals surface area contributed by atoms with Gasteiger partial charge in [-0.2, -0.15) is 0 Å². The van der Waals surface area contributed by atoms with Gasteiger partial charge in [-0.3, -0.25) is 4.79 Å². The molecule has 0 aromatic heterocycles. The van der Waals surface area contributed by atoms with Crippen molar-refractivity contribution >= 4 is 29.7 Å². The maximum atomic E-state index is 12.3. The van der Waals surface area contributed by atoms with Crippen LogP contribution in [0.3, 0.4) is 0 Å². The van der Waals surface area contributed by atoms with Crippen LogP contribution < -0.4 is 10.1 Å². The van der Waals surface area contributed by atoms with Crippen molar-refractivity contribution in [2.75, 3.05) is 7.11 Å². The van der Waals surface area contributed by atoms with E-state index in [0.717, 1.165) is 5.56 Å². The van der Waals surface area contributed by atoms with E-state index in [1.807, 2.05) is 30.3 Å². The molecule has 0 aliphatic rings. The standard InChI is InChI=1S/C24H28ClNO5/c1-24(2,3)31-22(27)15-19(11-10-18-14-20(29-4)12-13-21(18)25)26-23(28)30-16-17-8-6-5-7-9-17/h5-14,19H,15-16H2,1-4H3,(H,26,28). The number of amides is 1. The molecule has 2 aromatic rings. The van der Waals surface area contributed by atoms with Crippen LogP contribution in [-0.2, 0) is 20.9 Å². The lowest BCUT2D eigenvalue weighted by Crippen LogP contribution is -2.37. The van der Waals surface area contributed by atoms with Crippen LogP contribution in [0.2, 0.25) is 5.02 Å². The number of methoxy groups -OCH3 is 1. The van der Waals surface area contributed by atoms with E-state index >= 15 is 0 Å². The highest BCUT2D eigenvalue weighted by Crippen LogP contribution is 2.23. The minimum absolute atomic E-state index is 0.0597. The fraction of sp³-hybridized carbons (Fsp3) is 0.333. The highest BCUT2D eigenvalue weighted by atomic mass is 35.5. The number of hydrogen-bond donors (Lipinski definition) is 1. The molecule has 6 nitrogen and oxygen atoms in total. The van der Waals surface area contributed by atoms with Gasteiger partial charge in [-0.05, 0) is 50.1 Å². The minimum atomic E-state index is -0.652. The van der Waals surface area contributed by atoms with E-state index in [2.05, 4.69) is 5.32 Å². The Labute approximate surface area is 188 Å². The van der Waals surface area contributed by atoms with E-state index in [0.29, 0.717) is 16.3 Å². The van der Waals surface area contributed by atoms with Gasteiger partial charge in [-0.25, -0.2) is 4.79 Å². The highest BCUT2D eigenvalue weighted by molar-refractivity contribution is 6.32. The van der Waals surface area contributed by atoms with Gasteiger partial charge in [-0.15, -0.1) is 0 Å². The zero-order valence-electron chi connectivity index (χ0n) is 18.2. The number of hydrogen-bond acceptors (Lipinski definition) is 5. The summed E-state index contributed by atoms with van der Waals surface area (Å²) in [5.74, 6) is 0.199. The smallest absolute Gasteiger partial charge is 0.407 e.